The topological polar surface area (TPSA) is 36.4 Å². The summed E-state index contributed by atoms with van der Waals surface area (Å²) in [6, 6.07) is 2.20. The number of carbonyl (C=O) groups excluding carboxylic acids is 1. The SMILES string of the molecule is CCCCC1CCC(C(=O)N2CCN(c3nc4c(F)cc(F)cc4s3)CC2)CC1. The van der Waals surface area contributed by atoms with Crippen LogP contribution in [-0.4, -0.2) is 42.0 Å². The van der Waals surface area contributed by atoms with Crippen LogP contribution in [0, 0.1) is 23.5 Å². The number of carbonyl (C=O) groups is 1. The second-order valence-corrected chi connectivity index (χ2v) is 9.41. The number of nitrogens with zero attached hydrogens (tertiary/aromatic N) is 3. The summed E-state index contributed by atoms with van der Waals surface area (Å²) in [5.74, 6) is 0.0888. The van der Waals surface area contributed by atoms with E-state index in [1.165, 1.54) is 49.5 Å². The van der Waals surface area contributed by atoms with Gasteiger partial charge in [0.05, 0.1) is 4.70 Å². The normalized spacial score (nSPS) is 23.0. The predicted octanol–water partition coefficient (Wildman–Crippen LogP) is 5.22. The van der Waals surface area contributed by atoms with E-state index in [4.69, 9.17) is 0 Å². The molecule has 0 N–H and O–H groups in total. The molecule has 2 aromatic rings. The Hall–Kier alpha value is -1.76. The Morgan fingerprint density at radius 3 is 2.55 bits per heavy atom. The summed E-state index contributed by atoms with van der Waals surface area (Å²) in [7, 11) is 0. The smallest absolute Gasteiger partial charge is 0.225 e. The lowest BCUT2D eigenvalue weighted by atomic mass is 9.79. The predicted molar refractivity (Wildman–Crippen MR) is 113 cm³/mol. The summed E-state index contributed by atoms with van der Waals surface area (Å²) in [5, 5.41) is 0.702. The quantitative estimate of drug-likeness (QED) is 0.664. The van der Waals surface area contributed by atoms with E-state index in [0.717, 1.165) is 24.8 Å². The molecule has 1 saturated heterocycles. The van der Waals surface area contributed by atoms with E-state index in [-0.39, 0.29) is 11.4 Å². The van der Waals surface area contributed by atoms with Crippen molar-refractivity contribution in [3.63, 3.8) is 0 Å². The molecule has 2 aliphatic rings. The van der Waals surface area contributed by atoms with Gasteiger partial charge in [-0.05, 0) is 37.7 Å². The fraction of sp³-hybridized carbons (Fsp3) is 0.636. The van der Waals surface area contributed by atoms with Crippen LogP contribution in [0.2, 0.25) is 0 Å². The molecule has 1 aliphatic heterocycles. The summed E-state index contributed by atoms with van der Waals surface area (Å²) in [6.07, 6.45) is 8.27. The van der Waals surface area contributed by atoms with E-state index in [1.807, 2.05) is 4.90 Å². The minimum Gasteiger partial charge on any atom is -0.345 e. The first-order chi connectivity index (χ1) is 14.0. The molecule has 0 bridgehead atoms. The average Bonchev–Trinajstić information content (AvgIpc) is 3.17. The standard InChI is InChI=1S/C22H29F2N3OS/c1-2-3-4-15-5-7-16(8-6-15)21(28)26-9-11-27(12-10-26)22-25-20-18(24)13-17(23)14-19(20)29-22/h13-16H,2-12H2,1H3. The third-order valence-corrected chi connectivity index (χ3v) is 7.49. The maximum atomic E-state index is 13.9. The Morgan fingerprint density at radius 2 is 1.86 bits per heavy atom. The van der Waals surface area contributed by atoms with Crippen LogP contribution < -0.4 is 4.90 Å². The summed E-state index contributed by atoms with van der Waals surface area (Å²) >= 11 is 1.31. The molecule has 29 heavy (non-hydrogen) atoms. The summed E-state index contributed by atoms with van der Waals surface area (Å²) in [4.78, 5) is 21.4. The highest BCUT2D eigenvalue weighted by atomic mass is 32.1. The van der Waals surface area contributed by atoms with Crippen molar-refractivity contribution in [1.82, 2.24) is 9.88 Å². The zero-order chi connectivity index (χ0) is 20.4. The van der Waals surface area contributed by atoms with Gasteiger partial charge >= 0.3 is 0 Å². The molecule has 0 atom stereocenters. The van der Waals surface area contributed by atoms with Crippen LogP contribution >= 0.6 is 11.3 Å². The molecule has 0 spiro atoms. The first-order valence-corrected chi connectivity index (χ1v) is 11.7. The summed E-state index contributed by atoms with van der Waals surface area (Å²) in [5.41, 5.74) is 0.227. The highest BCUT2D eigenvalue weighted by Gasteiger charge is 2.31. The Morgan fingerprint density at radius 1 is 1.14 bits per heavy atom. The van der Waals surface area contributed by atoms with Crippen molar-refractivity contribution in [2.75, 3.05) is 31.1 Å². The van der Waals surface area contributed by atoms with Crippen LogP contribution in [0.3, 0.4) is 0 Å². The number of thiazole rings is 1. The van der Waals surface area contributed by atoms with Crippen molar-refractivity contribution in [3.8, 4) is 0 Å². The van der Waals surface area contributed by atoms with Gasteiger partial charge in [0.25, 0.3) is 0 Å². The van der Waals surface area contributed by atoms with Crippen LogP contribution in [-0.2, 0) is 4.79 Å². The molecule has 4 nitrogen and oxygen atoms in total. The van der Waals surface area contributed by atoms with E-state index in [0.29, 0.717) is 41.9 Å². The van der Waals surface area contributed by atoms with Crippen molar-refractivity contribution in [2.45, 2.75) is 51.9 Å². The van der Waals surface area contributed by atoms with Gasteiger partial charge in [-0.1, -0.05) is 37.5 Å². The number of benzene rings is 1. The largest absolute Gasteiger partial charge is 0.345 e. The molecule has 158 valence electrons. The molecular formula is C22H29F2N3OS. The molecule has 1 saturated carbocycles. The molecule has 1 aromatic heterocycles. The van der Waals surface area contributed by atoms with Crippen LogP contribution in [0.15, 0.2) is 12.1 Å². The van der Waals surface area contributed by atoms with Crippen molar-refractivity contribution in [3.05, 3.63) is 23.8 Å². The van der Waals surface area contributed by atoms with Crippen molar-refractivity contribution in [2.24, 2.45) is 11.8 Å². The van der Waals surface area contributed by atoms with Crippen molar-refractivity contribution >= 4 is 32.6 Å². The number of anilines is 1. The lowest BCUT2D eigenvalue weighted by Gasteiger charge is -2.37. The second-order valence-electron chi connectivity index (χ2n) is 8.40. The number of aromatic nitrogens is 1. The zero-order valence-electron chi connectivity index (χ0n) is 17.0. The minimum absolute atomic E-state index is 0.180. The van der Waals surface area contributed by atoms with E-state index in [2.05, 4.69) is 16.8 Å². The number of rotatable bonds is 5. The van der Waals surface area contributed by atoms with Gasteiger partial charge in [0.15, 0.2) is 10.9 Å². The Balaban J connectivity index is 1.31. The van der Waals surface area contributed by atoms with Gasteiger partial charge in [0.1, 0.15) is 11.3 Å². The van der Waals surface area contributed by atoms with Gasteiger partial charge in [0, 0.05) is 38.2 Å². The van der Waals surface area contributed by atoms with Crippen LogP contribution in [0.1, 0.15) is 51.9 Å². The van der Waals surface area contributed by atoms with E-state index in [9.17, 15) is 13.6 Å². The van der Waals surface area contributed by atoms with Gasteiger partial charge < -0.3 is 9.80 Å². The van der Waals surface area contributed by atoms with Gasteiger partial charge in [-0.2, -0.15) is 0 Å². The first kappa shape index (κ1) is 20.5. The molecule has 0 unspecified atom stereocenters. The van der Waals surface area contributed by atoms with E-state index >= 15 is 0 Å². The third-order valence-electron chi connectivity index (χ3n) is 6.43. The molecule has 0 radical (unpaired) electrons. The minimum atomic E-state index is -0.620. The molecule has 1 amide bonds. The fourth-order valence-electron chi connectivity index (χ4n) is 4.65. The summed E-state index contributed by atoms with van der Waals surface area (Å²) < 4.78 is 27.9. The number of halogens is 2. The number of piperazine rings is 1. The number of hydrogen-bond donors (Lipinski definition) is 0. The highest BCUT2D eigenvalue weighted by molar-refractivity contribution is 7.22. The Kier molecular flexibility index (Phi) is 6.32. The molecule has 1 aliphatic carbocycles. The molecule has 7 heteroatoms. The zero-order valence-corrected chi connectivity index (χ0v) is 17.8. The van der Waals surface area contributed by atoms with E-state index in [1.54, 1.807) is 0 Å². The monoisotopic (exact) mass is 421 g/mol. The highest BCUT2D eigenvalue weighted by Crippen LogP contribution is 2.34. The third kappa shape index (κ3) is 4.55. The number of fused-ring (bicyclic) bond motifs is 1. The molecule has 4 rings (SSSR count). The van der Waals surface area contributed by atoms with Crippen LogP contribution in [0.25, 0.3) is 10.2 Å². The Labute approximate surface area is 174 Å². The maximum Gasteiger partial charge on any atom is 0.225 e. The van der Waals surface area contributed by atoms with Crippen molar-refractivity contribution < 1.29 is 13.6 Å². The number of unbranched alkanes of at least 4 members (excludes halogenated alkanes) is 1. The van der Waals surface area contributed by atoms with Crippen LogP contribution in [0.5, 0.6) is 0 Å². The van der Waals surface area contributed by atoms with Crippen LogP contribution in [0.4, 0.5) is 13.9 Å². The number of amides is 1. The lowest BCUT2D eigenvalue weighted by molar-refractivity contribution is -0.137. The number of hydrogen-bond acceptors (Lipinski definition) is 4. The van der Waals surface area contributed by atoms with Gasteiger partial charge in [-0.25, -0.2) is 13.8 Å². The van der Waals surface area contributed by atoms with Gasteiger partial charge in [-0.15, -0.1) is 0 Å². The lowest BCUT2D eigenvalue weighted by Crippen LogP contribution is -2.50. The molecule has 1 aromatic carbocycles. The molecule has 2 fully saturated rings. The maximum absolute atomic E-state index is 13.9. The average molecular weight is 422 g/mol. The summed E-state index contributed by atoms with van der Waals surface area (Å²) in [6.45, 7) is 4.93. The van der Waals surface area contributed by atoms with Gasteiger partial charge in [-0.3, -0.25) is 4.79 Å². The second kappa shape index (κ2) is 8.94. The Bertz CT molecular complexity index is 855. The fourth-order valence-corrected chi connectivity index (χ4v) is 5.70. The van der Waals surface area contributed by atoms with E-state index < -0.39 is 11.6 Å². The molecule has 2 heterocycles. The van der Waals surface area contributed by atoms with Crippen molar-refractivity contribution in [1.29, 1.82) is 0 Å². The van der Waals surface area contributed by atoms with Gasteiger partial charge in [0.2, 0.25) is 5.91 Å². The first-order valence-electron chi connectivity index (χ1n) is 10.8. The molecular weight excluding hydrogens is 392 g/mol.